The largest absolute Gasteiger partial charge is 0.437 e. The fourth-order valence-electron chi connectivity index (χ4n) is 4.54. The SMILES string of the molecule is CCCNC(=O)N1CCC2(CC1)OC(=O)N(C1CCCCC1)C2(C)O. The molecule has 7 heteroatoms. The van der Waals surface area contributed by atoms with Crippen molar-refractivity contribution in [2.45, 2.75) is 82.6 Å². The molecule has 0 aromatic heterocycles. The number of urea groups is 1. The van der Waals surface area contributed by atoms with Crippen LogP contribution in [0, 0.1) is 0 Å². The molecule has 0 aromatic carbocycles. The third kappa shape index (κ3) is 3.18. The van der Waals surface area contributed by atoms with Gasteiger partial charge in [-0.2, -0.15) is 0 Å². The number of nitrogens with zero attached hydrogens (tertiary/aromatic N) is 2. The average molecular weight is 353 g/mol. The second-order valence-corrected chi connectivity index (χ2v) is 7.76. The fourth-order valence-corrected chi connectivity index (χ4v) is 4.54. The maximum Gasteiger partial charge on any atom is 0.413 e. The smallest absolute Gasteiger partial charge is 0.413 e. The summed E-state index contributed by atoms with van der Waals surface area (Å²) in [7, 11) is 0. The zero-order chi connectivity index (χ0) is 18.1. The van der Waals surface area contributed by atoms with Crippen LogP contribution >= 0.6 is 0 Å². The molecule has 3 fully saturated rings. The van der Waals surface area contributed by atoms with E-state index in [-0.39, 0.29) is 12.1 Å². The van der Waals surface area contributed by atoms with Crippen LogP contribution in [0.3, 0.4) is 0 Å². The highest BCUT2D eigenvalue weighted by molar-refractivity contribution is 5.75. The number of carbonyl (C=O) groups is 2. The lowest BCUT2D eigenvalue weighted by Crippen LogP contribution is -2.63. The Morgan fingerprint density at radius 2 is 1.92 bits per heavy atom. The Kier molecular flexibility index (Phi) is 5.14. The van der Waals surface area contributed by atoms with E-state index in [9.17, 15) is 14.7 Å². The van der Waals surface area contributed by atoms with Gasteiger partial charge in [-0.3, -0.25) is 4.90 Å². The number of aliphatic hydroxyl groups is 1. The van der Waals surface area contributed by atoms with Gasteiger partial charge in [-0.15, -0.1) is 0 Å². The normalized spacial score (nSPS) is 29.8. The number of carbonyl (C=O) groups excluding carboxylic acids is 2. The molecule has 1 spiro atoms. The van der Waals surface area contributed by atoms with E-state index in [1.807, 2.05) is 6.92 Å². The number of nitrogens with one attached hydrogen (secondary N) is 1. The lowest BCUT2D eigenvalue weighted by Gasteiger charge is -2.46. The van der Waals surface area contributed by atoms with Crippen molar-refractivity contribution in [1.82, 2.24) is 15.1 Å². The quantitative estimate of drug-likeness (QED) is 0.816. The van der Waals surface area contributed by atoms with Crippen LogP contribution in [-0.2, 0) is 4.74 Å². The zero-order valence-electron chi connectivity index (χ0n) is 15.4. The number of likely N-dealkylation sites (tertiary alicyclic amines) is 1. The number of amides is 3. The van der Waals surface area contributed by atoms with Crippen molar-refractivity contribution in [2.75, 3.05) is 19.6 Å². The molecule has 2 N–H and O–H groups in total. The molecular weight excluding hydrogens is 322 g/mol. The predicted molar refractivity (Wildman–Crippen MR) is 93.0 cm³/mol. The van der Waals surface area contributed by atoms with Crippen LogP contribution in [0.1, 0.15) is 65.2 Å². The first-order chi connectivity index (χ1) is 11.9. The number of hydrogen-bond acceptors (Lipinski definition) is 4. The van der Waals surface area contributed by atoms with Gasteiger partial charge < -0.3 is 20.1 Å². The van der Waals surface area contributed by atoms with Crippen LogP contribution in [0.25, 0.3) is 0 Å². The van der Waals surface area contributed by atoms with Gasteiger partial charge in [-0.25, -0.2) is 9.59 Å². The first-order valence-corrected chi connectivity index (χ1v) is 9.69. The molecule has 142 valence electrons. The molecule has 7 nitrogen and oxygen atoms in total. The van der Waals surface area contributed by atoms with Crippen molar-refractivity contribution in [2.24, 2.45) is 0 Å². The molecule has 25 heavy (non-hydrogen) atoms. The third-order valence-electron chi connectivity index (χ3n) is 6.14. The van der Waals surface area contributed by atoms with E-state index in [4.69, 9.17) is 4.74 Å². The van der Waals surface area contributed by atoms with Crippen LogP contribution in [0.15, 0.2) is 0 Å². The Hall–Kier alpha value is -1.50. The maximum absolute atomic E-state index is 12.6. The number of hydrogen-bond donors (Lipinski definition) is 2. The lowest BCUT2D eigenvalue weighted by atomic mass is 9.80. The summed E-state index contributed by atoms with van der Waals surface area (Å²) < 4.78 is 5.76. The van der Waals surface area contributed by atoms with Crippen molar-refractivity contribution in [3.63, 3.8) is 0 Å². The van der Waals surface area contributed by atoms with Gasteiger partial charge in [0.2, 0.25) is 0 Å². The second kappa shape index (κ2) is 7.02. The maximum atomic E-state index is 12.6. The van der Waals surface area contributed by atoms with Crippen LogP contribution in [0.2, 0.25) is 0 Å². The Bertz CT molecular complexity index is 508. The summed E-state index contributed by atoms with van der Waals surface area (Å²) in [5.41, 5.74) is -2.23. The monoisotopic (exact) mass is 353 g/mol. The van der Waals surface area contributed by atoms with E-state index in [0.717, 1.165) is 32.1 Å². The molecule has 2 aliphatic heterocycles. The molecule has 0 aromatic rings. The fraction of sp³-hybridized carbons (Fsp3) is 0.889. The molecule has 0 bridgehead atoms. The molecule has 2 saturated heterocycles. The lowest BCUT2D eigenvalue weighted by molar-refractivity contribution is -0.171. The van der Waals surface area contributed by atoms with Crippen molar-refractivity contribution < 1.29 is 19.4 Å². The summed E-state index contributed by atoms with van der Waals surface area (Å²) in [4.78, 5) is 28.0. The van der Waals surface area contributed by atoms with Crippen molar-refractivity contribution in [1.29, 1.82) is 0 Å². The number of rotatable bonds is 3. The predicted octanol–water partition coefficient (Wildman–Crippen LogP) is 2.43. The highest BCUT2D eigenvalue weighted by Gasteiger charge is 2.64. The Balaban J connectivity index is 1.68. The minimum Gasteiger partial charge on any atom is -0.437 e. The van der Waals surface area contributed by atoms with Crippen LogP contribution in [-0.4, -0.2) is 64.0 Å². The third-order valence-corrected chi connectivity index (χ3v) is 6.14. The first-order valence-electron chi connectivity index (χ1n) is 9.69. The summed E-state index contributed by atoms with van der Waals surface area (Å²) >= 11 is 0. The Morgan fingerprint density at radius 1 is 1.28 bits per heavy atom. The van der Waals surface area contributed by atoms with Crippen molar-refractivity contribution >= 4 is 12.1 Å². The second-order valence-electron chi connectivity index (χ2n) is 7.76. The molecule has 3 rings (SSSR count). The summed E-state index contributed by atoms with van der Waals surface area (Å²) in [5.74, 6) is 0. The highest BCUT2D eigenvalue weighted by Crippen LogP contribution is 2.47. The minimum atomic E-state index is -1.32. The molecule has 1 aliphatic carbocycles. The number of piperidine rings is 1. The average Bonchev–Trinajstić information content (AvgIpc) is 2.79. The molecule has 1 atom stereocenters. The Labute approximate surface area is 149 Å². The van der Waals surface area contributed by atoms with Crippen LogP contribution in [0.5, 0.6) is 0 Å². The molecule has 0 radical (unpaired) electrons. The van der Waals surface area contributed by atoms with Gasteiger partial charge in [0.15, 0.2) is 11.3 Å². The molecular formula is C18H31N3O4. The van der Waals surface area contributed by atoms with Gasteiger partial charge in [-0.1, -0.05) is 26.2 Å². The zero-order valence-corrected chi connectivity index (χ0v) is 15.4. The van der Waals surface area contributed by atoms with E-state index in [2.05, 4.69) is 5.32 Å². The number of ether oxygens (including phenoxy) is 1. The van der Waals surface area contributed by atoms with E-state index in [1.165, 1.54) is 6.42 Å². The van der Waals surface area contributed by atoms with Gasteiger partial charge in [-0.05, 0) is 26.2 Å². The van der Waals surface area contributed by atoms with E-state index in [1.54, 1.807) is 16.7 Å². The standard InChI is InChI=1S/C18H31N3O4/c1-3-11-19-15(22)20-12-9-18(10-13-20)17(2,24)21(16(23)25-18)14-7-5-4-6-8-14/h14,24H,3-13H2,1-2H3,(H,19,22). The minimum absolute atomic E-state index is 0.0570. The van der Waals surface area contributed by atoms with E-state index < -0.39 is 17.4 Å². The summed E-state index contributed by atoms with van der Waals surface area (Å²) in [6.07, 6.45) is 6.63. The van der Waals surface area contributed by atoms with E-state index in [0.29, 0.717) is 32.5 Å². The molecule has 1 unspecified atom stereocenters. The van der Waals surface area contributed by atoms with Crippen LogP contribution in [0.4, 0.5) is 9.59 Å². The van der Waals surface area contributed by atoms with Gasteiger partial charge in [0.05, 0.1) is 0 Å². The van der Waals surface area contributed by atoms with E-state index >= 15 is 0 Å². The van der Waals surface area contributed by atoms with Crippen LogP contribution < -0.4 is 5.32 Å². The van der Waals surface area contributed by atoms with Gasteiger partial charge in [0, 0.05) is 38.5 Å². The summed E-state index contributed by atoms with van der Waals surface area (Å²) in [6.45, 7) is 5.34. The van der Waals surface area contributed by atoms with Gasteiger partial charge in [0.25, 0.3) is 0 Å². The molecule has 1 saturated carbocycles. The molecule has 3 aliphatic rings. The van der Waals surface area contributed by atoms with Gasteiger partial charge >= 0.3 is 12.1 Å². The summed E-state index contributed by atoms with van der Waals surface area (Å²) in [5, 5.41) is 14.2. The highest BCUT2D eigenvalue weighted by atomic mass is 16.6. The molecule has 2 heterocycles. The van der Waals surface area contributed by atoms with Crippen molar-refractivity contribution in [3.8, 4) is 0 Å². The Morgan fingerprint density at radius 3 is 2.52 bits per heavy atom. The van der Waals surface area contributed by atoms with Crippen molar-refractivity contribution in [3.05, 3.63) is 0 Å². The summed E-state index contributed by atoms with van der Waals surface area (Å²) in [6, 6.07) is -0.0219. The topological polar surface area (TPSA) is 82.1 Å². The first kappa shape index (κ1) is 18.3. The molecule has 3 amide bonds. The van der Waals surface area contributed by atoms with Gasteiger partial charge in [0.1, 0.15) is 0 Å².